The molecule has 0 aliphatic carbocycles. The van der Waals surface area contributed by atoms with Crippen molar-refractivity contribution in [1.29, 1.82) is 5.26 Å². The van der Waals surface area contributed by atoms with Crippen LogP contribution >= 0.6 is 11.3 Å². The van der Waals surface area contributed by atoms with Crippen molar-refractivity contribution >= 4 is 34.6 Å². The summed E-state index contributed by atoms with van der Waals surface area (Å²) in [5.74, 6) is 0.177. The molecule has 0 saturated heterocycles. The lowest BCUT2D eigenvalue weighted by Crippen LogP contribution is -2.32. The molecule has 36 heavy (non-hydrogen) atoms. The largest absolute Gasteiger partial charge is 0.494 e. The Balaban J connectivity index is 1.90. The van der Waals surface area contributed by atoms with E-state index in [0.29, 0.717) is 22.5 Å². The zero-order valence-corrected chi connectivity index (χ0v) is 21.1. The van der Waals surface area contributed by atoms with Gasteiger partial charge < -0.3 is 10.1 Å². The molecule has 4 rings (SSSR count). The third-order valence-electron chi connectivity index (χ3n) is 5.52. The van der Waals surface area contributed by atoms with Gasteiger partial charge in [0, 0.05) is 5.69 Å². The third-order valence-corrected chi connectivity index (χ3v) is 6.61. The summed E-state index contributed by atoms with van der Waals surface area (Å²) >= 11 is 1.11. The fraction of sp³-hybridized carbons (Fsp3) is 0.138. The number of hydrogen-bond acceptors (Lipinski definition) is 5. The fourth-order valence-corrected chi connectivity index (χ4v) is 4.79. The van der Waals surface area contributed by atoms with E-state index in [0.717, 1.165) is 33.8 Å². The second kappa shape index (κ2) is 10.9. The van der Waals surface area contributed by atoms with E-state index in [-0.39, 0.29) is 15.8 Å². The van der Waals surface area contributed by atoms with Crippen LogP contribution in [0.25, 0.3) is 17.3 Å². The first kappa shape index (κ1) is 24.7. The standard InChI is InChI=1S/C29H25N3O3S/c1-4-35-23-14-12-21(13-15-23)17-26-28(34)32(22-8-6-5-7-9-22)29(36-26)24(18-30)27(33)31-25-16-19(2)10-11-20(25)3/h5-17H,4H2,1-3H3,(H,31,33)/b26-17+,29-24+. The highest BCUT2D eigenvalue weighted by Crippen LogP contribution is 2.17. The topological polar surface area (TPSA) is 84.1 Å². The molecular formula is C29H25N3O3S. The first-order chi connectivity index (χ1) is 17.4. The number of aromatic nitrogens is 1. The molecule has 7 heteroatoms. The SMILES string of the molecule is CCOc1ccc(/C=c2/s/c(=C(\C#N)C(=O)Nc3cc(C)ccc3C)n(-c3ccccc3)c2=O)cc1. The Kier molecular flexibility index (Phi) is 7.47. The number of amides is 1. The molecular weight excluding hydrogens is 470 g/mol. The van der Waals surface area contributed by atoms with Gasteiger partial charge in [0.2, 0.25) is 0 Å². The number of anilines is 1. The number of benzene rings is 3. The molecule has 0 bridgehead atoms. The summed E-state index contributed by atoms with van der Waals surface area (Å²) in [5, 5.41) is 12.9. The highest BCUT2D eigenvalue weighted by atomic mass is 32.1. The van der Waals surface area contributed by atoms with Gasteiger partial charge in [0.15, 0.2) is 5.57 Å². The first-order valence-electron chi connectivity index (χ1n) is 11.5. The molecule has 0 unspecified atom stereocenters. The van der Waals surface area contributed by atoms with Gasteiger partial charge in [0.05, 0.1) is 16.8 Å². The lowest BCUT2D eigenvalue weighted by molar-refractivity contribution is -0.111. The molecule has 0 fully saturated rings. The molecule has 1 N–H and O–H groups in total. The van der Waals surface area contributed by atoms with Gasteiger partial charge >= 0.3 is 0 Å². The van der Waals surface area contributed by atoms with Crippen molar-refractivity contribution < 1.29 is 9.53 Å². The van der Waals surface area contributed by atoms with Crippen LogP contribution in [-0.4, -0.2) is 17.1 Å². The van der Waals surface area contributed by atoms with Crippen molar-refractivity contribution in [3.8, 4) is 17.5 Å². The average molecular weight is 496 g/mol. The van der Waals surface area contributed by atoms with Crippen LogP contribution in [0.15, 0.2) is 77.6 Å². The predicted octanol–water partition coefficient (Wildman–Crippen LogP) is 4.06. The molecule has 0 radical (unpaired) electrons. The fourth-order valence-electron chi connectivity index (χ4n) is 3.69. The van der Waals surface area contributed by atoms with Crippen LogP contribution in [0.2, 0.25) is 0 Å². The monoisotopic (exact) mass is 495 g/mol. The summed E-state index contributed by atoms with van der Waals surface area (Å²) in [6.45, 7) is 6.30. The van der Waals surface area contributed by atoms with Crippen molar-refractivity contribution in [2.75, 3.05) is 11.9 Å². The van der Waals surface area contributed by atoms with E-state index < -0.39 is 5.91 Å². The molecule has 1 amide bonds. The molecule has 6 nitrogen and oxygen atoms in total. The van der Waals surface area contributed by atoms with Crippen molar-refractivity contribution in [1.82, 2.24) is 4.57 Å². The summed E-state index contributed by atoms with van der Waals surface area (Å²) in [6, 6.07) is 24.1. The highest BCUT2D eigenvalue weighted by Gasteiger charge is 2.18. The van der Waals surface area contributed by atoms with Crippen molar-refractivity contribution in [2.24, 2.45) is 0 Å². The number of aryl methyl sites for hydroxylation is 2. The maximum Gasteiger partial charge on any atom is 0.273 e. The van der Waals surface area contributed by atoms with Crippen LogP contribution in [0.1, 0.15) is 23.6 Å². The molecule has 0 spiro atoms. The van der Waals surface area contributed by atoms with Crippen molar-refractivity contribution in [2.45, 2.75) is 20.8 Å². The maximum atomic E-state index is 13.5. The minimum Gasteiger partial charge on any atom is -0.494 e. The summed E-state index contributed by atoms with van der Waals surface area (Å²) in [7, 11) is 0. The second-order valence-electron chi connectivity index (χ2n) is 8.15. The number of nitrogens with one attached hydrogen (secondary N) is 1. The Morgan fingerprint density at radius 3 is 2.47 bits per heavy atom. The van der Waals surface area contributed by atoms with Crippen molar-refractivity contribution in [3.63, 3.8) is 0 Å². The van der Waals surface area contributed by atoms with Crippen LogP contribution in [-0.2, 0) is 4.79 Å². The van der Waals surface area contributed by atoms with Gasteiger partial charge in [-0.05, 0) is 73.9 Å². The van der Waals surface area contributed by atoms with Gasteiger partial charge in [0.1, 0.15) is 16.5 Å². The number of thiazole rings is 1. The van der Waals surface area contributed by atoms with Crippen LogP contribution in [0.4, 0.5) is 5.69 Å². The number of carbonyl (C=O) groups is 1. The number of ether oxygens (including phenoxy) is 1. The maximum absolute atomic E-state index is 13.5. The molecule has 1 aromatic heterocycles. The van der Waals surface area contributed by atoms with E-state index in [9.17, 15) is 14.9 Å². The van der Waals surface area contributed by atoms with E-state index in [1.165, 1.54) is 4.57 Å². The Morgan fingerprint density at radius 2 is 1.81 bits per heavy atom. The van der Waals surface area contributed by atoms with E-state index in [2.05, 4.69) is 5.32 Å². The summed E-state index contributed by atoms with van der Waals surface area (Å²) < 4.78 is 7.59. The van der Waals surface area contributed by atoms with Gasteiger partial charge in [0.25, 0.3) is 11.5 Å². The van der Waals surface area contributed by atoms with Crippen LogP contribution in [0.5, 0.6) is 5.75 Å². The van der Waals surface area contributed by atoms with Gasteiger partial charge in [-0.15, -0.1) is 11.3 Å². The number of carbonyl (C=O) groups excluding carboxylic acids is 1. The van der Waals surface area contributed by atoms with Crippen molar-refractivity contribution in [3.05, 3.63) is 109 Å². The Morgan fingerprint density at radius 1 is 1.08 bits per heavy atom. The quantitative estimate of drug-likeness (QED) is 0.437. The number of nitrogens with zero attached hydrogens (tertiary/aromatic N) is 2. The number of nitriles is 1. The second-order valence-corrected chi connectivity index (χ2v) is 9.18. The Labute approximate surface area is 213 Å². The molecule has 180 valence electrons. The van der Waals surface area contributed by atoms with Crippen LogP contribution in [0, 0.1) is 25.2 Å². The molecule has 3 aromatic carbocycles. The van der Waals surface area contributed by atoms with Gasteiger partial charge in [-0.2, -0.15) is 5.26 Å². The minimum atomic E-state index is -0.565. The number of rotatable bonds is 6. The van der Waals surface area contributed by atoms with Gasteiger partial charge in [-0.25, -0.2) is 0 Å². The number of para-hydroxylation sites is 1. The molecule has 4 aromatic rings. The lowest BCUT2D eigenvalue weighted by Gasteiger charge is -2.09. The molecule has 1 heterocycles. The lowest BCUT2D eigenvalue weighted by atomic mass is 10.1. The van der Waals surface area contributed by atoms with E-state index >= 15 is 0 Å². The first-order valence-corrected chi connectivity index (χ1v) is 12.3. The zero-order chi connectivity index (χ0) is 25.7. The predicted molar refractivity (Wildman–Crippen MR) is 144 cm³/mol. The molecule has 0 saturated carbocycles. The normalized spacial score (nSPS) is 12.1. The third kappa shape index (κ3) is 5.29. The zero-order valence-electron chi connectivity index (χ0n) is 20.2. The Hall–Kier alpha value is -4.41. The minimum absolute atomic E-state index is 0.131. The number of hydrogen-bond donors (Lipinski definition) is 1. The molecule has 0 atom stereocenters. The van der Waals surface area contributed by atoms with E-state index in [1.54, 1.807) is 30.3 Å². The smallest absolute Gasteiger partial charge is 0.273 e. The Bertz CT molecular complexity index is 1630. The summed E-state index contributed by atoms with van der Waals surface area (Å²) in [5.41, 5.74) is 3.44. The summed E-state index contributed by atoms with van der Waals surface area (Å²) in [6.07, 6.45) is 1.75. The highest BCUT2D eigenvalue weighted by molar-refractivity contribution is 7.07. The van der Waals surface area contributed by atoms with E-state index in [4.69, 9.17) is 4.74 Å². The van der Waals surface area contributed by atoms with Crippen LogP contribution < -0.4 is 24.8 Å². The van der Waals surface area contributed by atoms with Gasteiger partial charge in [-0.3, -0.25) is 14.2 Å². The molecule has 0 aliphatic rings. The van der Waals surface area contributed by atoms with E-state index in [1.807, 2.05) is 75.4 Å². The summed E-state index contributed by atoms with van der Waals surface area (Å²) in [4.78, 5) is 26.8. The molecule has 0 aliphatic heterocycles. The van der Waals surface area contributed by atoms with Crippen LogP contribution in [0.3, 0.4) is 0 Å². The van der Waals surface area contributed by atoms with Gasteiger partial charge in [-0.1, -0.05) is 42.5 Å². The average Bonchev–Trinajstić information content (AvgIpc) is 3.19.